The van der Waals surface area contributed by atoms with Gasteiger partial charge in [0.2, 0.25) is 0 Å². The maximum atomic E-state index is 6.32. The minimum atomic E-state index is 0.0546. The van der Waals surface area contributed by atoms with Crippen LogP contribution in [0.3, 0.4) is 0 Å². The maximum Gasteiger partial charge on any atom is 0.161 e. The quantitative estimate of drug-likeness (QED) is 0.607. The van der Waals surface area contributed by atoms with E-state index in [9.17, 15) is 0 Å². The predicted molar refractivity (Wildman–Crippen MR) is 99.5 cm³/mol. The van der Waals surface area contributed by atoms with Crippen LogP contribution in [0.15, 0.2) is 48.5 Å². The fourth-order valence-corrected chi connectivity index (χ4v) is 2.66. The van der Waals surface area contributed by atoms with Crippen LogP contribution in [0.1, 0.15) is 56.7 Å². The van der Waals surface area contributed by atoms with Crippen LogP contribution in [0.25, 0.3) is 0 Å². The predicted octanol–water partition coefficient (Wildman–Crippen LogP) is 5.24. The van der Waals surface area contributed by atoms with Crippen molar-refractivity contribution in [2.45, 2.75) is 52.2 Å². The van der Waals surface area contributed by atoms with E-state index >= 15 is 0 Å². The Morgan fingerprint density at radius 2 is 1.71 bits per heavy atom. The van der Waals surface area contributed by atoms with Gasteiger partial charge in [-0.15, -0.1) is 0 Å². The van der Waals surface area contributed by atoms with Gasteiger partial charge in [-0.05, 0) is 36.6 Å². The van der Waals surface area contributed by atoms with Gasteiger partial charge in [-0.25, -0.2) is 0 Å². The fraction of sp³-hybridized carbons (Fsp3) is 0.429. The first-order valence-corrected chi connectivity index (χ1v) is 8.93. The Morgan fingerprint density at radius 1 is 0.917 bits per heavy atom. The minimum absolute atomic E-state index is 0.0546. The van der Waals surface area contributed by atoms with Gasteiger partial charge in [-0.2, -0.15) is 0 Å². The summed E-state index contributed by atoms with van der Waals surface area (Å²) in [6.07, 6.45) is 4.60. The Labute approximate surface area is 145 Å². The highest BCUT2D eigenvalue weighted by atomic mass is 16.5. The molecule has 0 heterocycles. The van der Waals surface area contributed by atoms with Crippen LogP contribution in [0.5, 0.6) is 11.5 Å². The average molecular weight is 327 g/mol. The van der Waals surface area contributed by atoms with Gasteiger partial charge in [0, 0.05) is 6.04 Å². The van der Waals surface area contributed by atoms with Crippen LogP contribution in [0.4, 0.5) is 0 Å². The van der Waals surface area contributed by atoms with Gasteiger partial charge in [0.1, 0.15) is 6.61 Å². The Balaban J connectivity index is 2.05. The highest BCUT2D eigenvalue weighted by Gasteiger charge is 2.11. The summed E-state index contributed by atoms with van der Waals surface area (Å²) in [5, 5.41) is 0. The number of ether oxygens (including phenoxy) is 2. The molecule has 3 heteroatoms. The van der Waals surface area contributed by atoms with Crippen LogP contribution in [0.2, 0.25) is 0 Å². The molecule has 0 amide bonds. The molecule has 0 aliphatic heterocycles. The second-order valence-electron chi connectivity index (χ2n) is 6.02. The summed E-state index contributed by atoms with van der Waals surface area (Å²) in [6, 6.07) is 16.3. The van der Waals surface area contributed by atoms with Crippen molar-refractivity contribution in [2.75, 3.05) is 6.61 Å². The van der Waals surface area contributed by atoms with Crippen LogP contribution >= 0.6 is 0 Å². The topological polar surface area (TPSA) is 44.5 Å². The molecule has 1 atom stereocenters. The first kappa shape index (κ1) is 18.3. The first-order chi connectivity index (χ1) is 11.7. The number of hydrogen-bond donors (Lipinski definition) is 1. The molecule has 0 aliphatic carbocycles. The third kappa shape index (κ3) is 5.57. The van der Waals surface area contributed by atoms with E-state index in [1.807, 2.05) is 37.3 Å². The zero-order valence-electron chi connectivity index (χ0n) is 14.8. The molecule has 0 aliphatic rings. The second kappa shape index (κ2) is 9.99. The summed E-state index contributed by atoms with van der Waals surface area (Å²) >= 11 is 0. The molecule has 2 rings (SSSR count). The number of benzene rings is 2. The average Bonchev–Trinajstić information content (AvgIpc) is 2.62. The van der Waals surface area contributed by atoms with E-state index in [1.165, 1.54) is 12.8 Å². The normalized spacial score (nSPS) is 12.0. The van der Waals surface area contributed by atoms with E-state index in [4.69, 9.17) is 15.2 Å². The van der Waals surface area contributed by atoms with Gasteiger partial charge in [0.05, 0.1) is 6.61 Å². The van der Waals surface area contributed by atoms with Crippen molar-refractivity contribution >= 4 is 0 Å². The maximum absolute atomic E-state index is 6.32. The monoisotopic (exact) mass is 327 g/mol. The molecule has 0 saturated carbocycles. The van der Waals surface area contributed by atoms with Gasteiger partial charge in [-0.1, -0.05) is 62.6 Å². The van der Waals surface area contributed by atoms with E-state index in [2.05, 4.69) is 25.1 Å². The van der Waals surface area contributed by atoms with Crippen molar-refractivity contribution in [1.29, 1.82) is 0 Å². The van der Waals surface area contributed by atoms with Gasteiger partial charge >= 0.3 is 0 Å². The molecule has 0 radical (unpaired) electrons. The van der Waals surface area contributed by atoms with Crippen LogP contribution in [-0.2, 0) is 6.61 Å². The lowest BCUT2D eigenvalue weighted by atomic mass is 10.0. The lowest BCUT2D eigenvalue weighted by molar-refractivity contribution is 0.269. The number of nitrogens with two attached hydrogens (primary N) is 1. The number of unbranched alkanes of at least 4 members (excludes halogenated alkanes) is 2. The molecule has 3 nitrogen and oxygen atoms in total. The van der Waals surface area contributed by atoms with E-state index in [-0.39, 0.29) is 6.04 Å². The fourth-order valence-electron chi connectivity index (χ4n) is 2.66. The third-order valence-electron chi connectivity index (χ3n) is 4.05. The molecule has 0 aromatic heterocycles. The molecule has 2 N–H and O–H groups in total. The Bertz CT molecular complexity index is 598. The highest BCUT2D eigenvalue weighted by molar-refractivity contribution is 5.44. The van der Waals surface area contributed by atoms with Gasteiger partial charge in [0.15, 0.2) is 11.5 Å². The Kier molecular flexibility index (Phi) is 7.63. The summed E-state index contributed by atoms with van der Waals surface area (Å²) in [7, 11) is 0. The minimum Gasteiger partial charge on any atom is -0.490 e. The smallest absolute Gasteiger partial charge is 0.161 e. The van der Waals surface area contributed by atoms with Crippen molar-refractivity contribution in [1.82, 2.24) is 0 Å². The van der Waals surface area contributed by atoms with Crippen molar-refractivity contribution in [2.24, 2.45) is 5.73 Å². The Morgan fingerprint density at radius 3 is 2.42 bits per heavy atom. The SMILES string of the molecule is CCCCC[C@H](N)c1ccc(OCc2ccccc2)c(OCC)c1. The van der Waals surface area contributed by atoms with Crippen LogP contribution in [0, 0.1) is 0 Å². The van der Waals surface area contributed by atoms with Gasteiger partial charge in [0.25, 0.3) is 0 Å². The molecule has 0 bridgehead atoms. The molecule has 0 spiro atoms. The van der Waals surface area contributed by atoms with Crippen molar-refractivity contribution in [3.63, 3.8) is 0 Å². The molecule has 2 aromatic rings. The summed E-state index contributed by atoms with van der Waals surface area (Å²) in [6.45, 7) is 5.32. The Hall–Kier alpha value is -2.00. The standard InChI is InChI=1S/C21H29NO2/c1-3-5-7-12-19(22)18-13-14-20(21(15-18)23-4-2)24-16-17-10-8-6-9-11-17/h6,8-11,13-15,19H,3-5,7,12,16,22H2,1-2H3/t19-/m0/s1. The summed E-state index contributed by atoms with van der Waals surface area (Å²) in [5.74, 6) is 1.54. The summed E-state index contributed by atoms with van der Waals surface area (Å²) in [4.78, 5) is 0. The summed E-state index contributed by atoms with van der Waals surface area (Å²) < 4.78 is 11.7. The molecule has 130 valence electrons. The highest BCUT2D eigenvalue weighted by Crippen LogP contribution is 2.32. The number of rotatable bonds is 10. The third-order valence-corrected chi connectivity index (χ3v) is 4.05. The van der Waals surface area contributed by atoms with E-state index in [1.54, 1.807) is 0 Å². The van der Waals surface area contributed by atoms with Crippen molar-refractivity contribution < 1.29 is 9.47 Å². The zero-order valence-corrected chi connectivity index (χ0v) is 14.8. The molecule has 2 aromatic carbocycles. The number of hydrogen-bond acceptors (Lipinski definition) is 3. The van der Waals surface area contributed by atoms with Crippen LogP contribution in [-0.4, -0.2) is 6.61 Å². The molecule has 0 saturated heterocycles. The van der Waals surface area contributed by atoms with E-state index in [0.717, 1.165) is 35.5 Å². The lowest BCUT2D eigenvalue weighted by Crippen LogP contribution is -2.10. The van der Waals surface area contributed by atoms with E-state index in [0.29, 0.717) is 13.2 Å². The van der Waals surface area contributed by atoms with Gasteiger partial charge < -0.3 is 15.2 Å². The van der Waals surface area contributed by atoms with E-state index < -0.39 is 0 Å². The first-order valence-electron chi connectivity index (χ1n) is 8.93. The largest absolute Gasteiger partial charge is 0.490 e. The van der Waals surface area contributed by atoms with Gasteiger partial charge in [-0.3, -0.25) is 0 Å². The molecular weight excluding hydrogens is 298 g/mol. The molecule has 0 unspecified atom stereocenters. The second-order valence-corrected chi connectivity index (χ2v) is 6.02. The lowest BCUT2D eigenvalue weighted by Gasteiger charge is -2.17. The molecular formula is C21H29NO2. The van der Waals surface area contributed by atoms with Crippen molar-refractivity contribution in [3.8, 4) is 11.5 Å². The summed E-state index contributed by atoms with van der Waals surface area (Å²) in [5.41, 5.74) is 8.57. The zero-order chi connectivity index (χ0) is 17.2. The van der Waals surface area contributed by atoms with Crippen LogP contribution < -0.4 is 15.2 Å². The molecule has 0 fully saturated rings. The molecule has 24 heavy (non-hydrogen) atoms. The van der Waals surface area contributed by atoms with Crippen molar-refractivity contribution in [3.05, 3.63) is 59.7 Å².